The number of ether oxygens (including phenoxy) is 3. The average molecular weight is 428 g/mol. The van der Waals surface area contributed by atoms with Gasteiger partial charge in [-0.1, -0.05) is 29.8 Å². The van der Waals surface area contributed by atoms with Crippen molar-refractivity contribution in [3.8, 4) is 17.2 Å². The molecule has 7 nitrogen and oxygen atoms in total. The van der Waals surface area contributed by atoms with E-state index in [4.69, 9.17) is 14.2 Å². The summed E-state index contributed by atoms with van der Waals surface area (Å²) in [5.74, 6) is 1.02. The molecule has 0 fully saturated rings. The van der Waals surface area contributed by atoms with E-state index in [1.165, 1.54) is 4.90 Å². The van der Waals surface area contributed by atoms with Crippen molar-refractivity contribution in [1.82, 2.24) is 0 Å². The SMILES string of the molecule is COc1ccc(N2C(=O)C(Nc3ccc4c(c3)OCO4)=C(c3ccc(C)cc3)C2=O)cc1. The van der Waals surface area contributed by atoms with Crippen molar-refractivity contribution in [1.29, 1.82) is 0 Å². The maximum atomic E-state index is 13.5. The number of methoxy groups -OCH3 is 1. The molecule has 2 aliphatic rings. The number of rotatable bonds is 5. The number of imide groups is 1. The molecule has 3 aromatic carbocycles. The van der Waals surface area contributed by atoms with E-state index in [1.54, 1.807) is 49.6 Å². The number of hydrogen-bond donors (Lipinski definition) is 1. The Balaban J connectivity index is 1.57. The summed E-state index contributed by atoms with van der Waals surface area (Å²) in [5, 5.41) is 3.14. The van der Waals surface area contributed by atoms with Gasteiger partial charge in [-0.2, -0.15) is 0 Å². The molecule has 0 spiro atoms. The van der Waals surface area contributed by atoms with Gasteiger partial charge < -0.3 is 19.5 Å². The molecule has 160 valence electrons. The molecule has 2 amide bonds. The quantitative estimate of drug-likeness (QED) is 0.616. The van der Waals surface area contributed by atoms with Gasteiger partial charge in [0.15, 0.2) is 11.5 Å². The van der Waals surface area contributed by atoms with E-state index in [1.807, 2.05) is 31.2 Å². The molecule has 2 heterocycles. The predicted octanol–water partition coefficient (Wildman–Crippen LogP) is 4.13. The fourth-order valence-corrected chi connectivity index (χ4v) is 3.72. The van der Waals surface area contributed by atoms with Gasteiger partial charge in [-0.15, -0.1) is 0 Å². The summed E-state index contributed by atoms with van der Waals surface area (Å²) >= 11 is 0. The van der Waals surface area contributed by atoms with E-state index in [9.17, 15) is 9.59 Å². The molecule has 5 rings (SSSR count). The molecule has 2 aliphatic heterocycles. The van der Waals surface area contributed by atoms with E-state index >= 15 is 0 Å². The smallest absolute Gasteiger partial charge is 0.282 e. The molecule has 0 radical (unpaired) electrons. The van der Waals surface area contributed by atoms with Gasteiger partial charge in [0.05, 0.1) is 18.4 Å². The fourth-order valence-electron chi connectivity index (χ4n) is 3.72. The van der Waals surface area contributed by atoms with Crippen LogP contribution in [-0.2, 0) is 9.59 Å². The Morgan fingerprint density at radius 2 is 1.59 bits per heavy atom. The molecule has 0 atom stereocenters. The van der Waals surface area contributed by atoms with Gasteiger partial charge in [0, 0.05) is 11.8 Å². The van der Waals surface area contributed by atoms with Gasteiger partial charge in [-0.25, -0.2) is 4.90 Å². The molecule has 1 N–H and O–H groups in total. The number of nitrogens with one attached hydrogen (secondary N) is 1. The monoisotopic (exact) mass is 428 g/mol. The molecule has 3 aromatic rings. The topological polar surface area (TPSA) is 77.1 Å². The highest BCUT2D eigenvalue weighted by atomic mass is 16.7. The highest BCUT2D eigenvalue weighted by molar-refractivity contribution is 6.46. The number of carbonyl (C=O) groups is 2. The molecule has 32 heavy (non-hydrogen) atoms. The Bertz CT molecular complexity index is 1250. The minimum Gasteiger partial charge on any atom is -0.497 e. The summed E-state index contributed by atoms with van der Waals surface area (Å²) in [7, 11) is 1.56. The van der Waals surface area contributed by atoms with Crippen LogP contribution in [0, 0.1) is 6.92 Å². The van der Waals surface area contributed by atoms with Crippen LogP contribution in [0.15, 0.2) is 72.4 Å². The van der Waals surface area contributed by atoms with Crippen LogP contribution in [-0.4, -0.2) is 25.7 Å². The lowest BCUT2D eigenvalue weighted by Gasteiger charge is -2.16. The molecule has 0 saturated carbocycles. The van der Waals surface area contributed by atoms with Crippen LogP contribution in [0.5, 0.6) is 17.2 Å². The largest absolute Gasteiger partial charge is 0.497 e. The molecule has 0 bridgehead atoms. The lowest BCUT2D eigenvalue weighted by molar-refractivity contribution is -0.120. The van der Waals surface area contributed by atoms with Crippen molar-refractivity contribution in [2.24, 2.45) is 0 Å². The summed E-state index contributed by atoms with van der Waals surface area (Å²) in [6, 6.07) is 19.6. The Kier molecular flexibility index (Phi) is 4.78. The minimum absolute atomic E-state index is 0.152. The Labute approximate surface area is 184 Å². The average Bonchev–Trinajstić information content (AvgIpc) is 3.37. The fraction of sp³-hybridized carbons (Fsp3) is 0.120. The molecule has 0 aliphatic carbocycles. The van der Waals surface area contributed by atoms with Gasteiger partial charge in [-0.3, -0.25) is 9.59 Å². The lowest BCUT2D eigenvalue weighted by atomic mass is 10.0. The normalized spacial score (nSPS) is 14.9. The molecular weight excluding hydrogens is 408 g/mol. The first kappa shape index (κ1) is 19.7. The number of benzene rings is 3. The number of fused-ring (bicyclic) bond motifs is 1. The molecule has 0 saturated heterocycles. The van der Waals surface area contributed by atoms with Crippen LogP contribution in [0.1, 0.15) is 11.1 Å². The first-order valence-electron chi connectivity index (χ1n) is 10.1. The van der Waals surface area contributed by atoms with Crippen molar-refractivity contribution in [3.63, 3.8) is 0 Å². The van der Waals surface area contributed by atoms with Crippen LogP contribution in [0.4, 0.5) is 11.4 Å². The zero-order chi connectivity index (χ0) is 22.2. The number of anilines is 2. The highest BCUT2D eigenvalue weighted by Crippen LogP contribution is 2.37. The highest BCUT2D eigenvalue weighted by Gasteiger charge is 2.40. The first-order valence-corrected chi connectivity index (χ1v) is 10.1. The Morgan fingerprint density at radius 3 is 2.31 bits per heavy atom. The van der Waals surface area contributed by atoms with Gasteiger partial charge in [0.2, 0.25) is 6.79 Å². The van der Waals surface area contributed by atoms with Crippen LogP contribution in [0.25, 0.3) is 5.57 Å². The summed E-state index contributed by atoms with van der Waals surface area (Å²) in [4.78, 5) is 28.1. The molecule has 7 heteroatoms. The lowest BCUT2D eigenvalue weighted by Crippen LogP contribution is -2.32. The third-order valence-corrected chi connectivity index (χ3v) is 5.40. The van der Waals surface area contributed by atoms with Crippen molar-refractivity contribution in [2.75, 3.05) is 24.1 Å². The summed E-state index contributed by atoms with van der Waals surface area (Å²) in [6.45, 7) is 2.12. The maximum Gasteiger partial charge on any atom is 0.282 e. The van der Waals surface area contributed by atoms with Crippen LogP contribution >= 0.6 is 0 Å². The number of aryl methyl sites for hydroxylation is 1. The third-order valence-electron chi connectivity index (χ3n) is 5.40. The van der Waals surface area contributed by atoms with Crippen LogP contribution in [0.3, 0.4) is 0 Å². The van der Waals surface area contributed by atoms with E-state index in [-0.39, 0.29) is 12.5 Å². The second-order valence-corrected chi connectivity index (χ2v) is 7.45. The van der Waals surface area contributed by atoms with Crippen LogP contribution in [0.2, 0.25) is 0 Å². The summed E-state index contributed by atoms with van der Waals surface area (Å²) < 4.78 is 16.0. The van der Waals surface area contributed by atoms with Gasteiger partial charge in [-0.05, 0) is 48.9 Å². The van der Waals surface area contributed by atoms with E-state index in [0.717, 1.165) is 5.56 Å². The Morgan fingerprint density at radius 1 is 0.875 bits per heavy atom. The molecular formula is C25H20N2O5. The first-order chi connectivity index (χ1) is 15.5. The van der Waals surface area contributed by atoms with E-state index in [2.05, 4.69) is 5.32 Å². The molecule has 0 unspecified atom stereocenters. The van der Waals surface area contributed by atoms with Crippen molar-refractivity contribution < 1.29 is 23.8 Å². The van der Waals surface area contributed by atoms with Crippen molar-refractivity contribution in [2.45, 2.75) is 6.92 Å². The second-order valence-electron chi connectivity index (χ2n) is 7.45. The van der Waals surface area contributed by atoms with Crippen molar-refractivity contribution >= 4 is 28.8 Å². The van der Waals surface area contributed by atoms with E-state index < -0.39 is 11.8 Å². The van der Waals surface area contributed by atoms with Gasteiger partial charge >= 0.3 is 0 Å². The maximum absolute atomic E-state index is 13.5. The van der Waals surface area contributed by atoms with Crippen molar-refractivity contribution in [3.05, 3.63) is 83.6 Å². The number of carbonyl (C=O) groups excluding carboxylic acids is 2. The van der Waals surface area contributed by atoms with E-state index in [0.29, 0.717) is 39.8 Å². The summed E-state index contributed by atoms with van der Waals surface area (Å²) in [6.07, 6.45) is 0. The standard InChI is InChI=1S/C25H20N2O5/c1-15-3-5-16(6-4-15)22-23(26-17-7-12-20-21(13-17)32-14-31-20)25(29)27(24(22)28)18-8-10-19(30-2)11-9-18/h3-13,26H,14H2,1-2H3. The predicted molar refractivity (Wildman–Crippen MR) is 120 cm³/mol. The zero-order valence-electron chi connectivity index (χ0n) is 17.5. The zero-order valence-corrected chi connectivity index (χ0v) is 17.5. The van der Waals surface area contributed by atoms with Crippen LogP contribution < -0.4 is 24.4 Å². The second kappa shape index (κ2) is 7.77. The summed E-state index contributed by atoms with van der Waals surface area (Å²) in [5.41, 5.74) is 3.31. The number of amides is 2. The number of nitrogens with zero attached hydrogens (tertiary/aromatic N) is 1. The number of hydrogen-bond acceptors (Lipinski definition) is 6. The minimum atomic E-state index is -0.437. The van der Waals surface area contributed by atoms with Gasteiger partial charge in [0.25, 0.3) is 11.8 Å². The third kappa shape index (κ3) is 3.33. The Hall–Kier alpha value is -4.26. The van der Waals surface area contributed by atoms with Gasteiger partial charge in [0.1, 0.15) is 11.4 Å². The molecule has 0 aromatic heterocycles.